The van der Waals surface area contributed by atoms with E-state index < -0.39 is 0 Å². The lowest BCUT2D eigenvalue weighted by molar-refractivity contribution is -0.138. The Labute approximate surface area is 198 Å². The van der Waals surface area contributed by atoms with Crippen LogP contribution in [0.5, 0.6) is 0 Å². The van der Waals surface area contributed by atoms with Gasteiger partial charge in [-0.2, -0.15) is 5.10 Å². The van der Waals surface area contributed by atoms with Crippen molar-refractivity contribution in [2.24, 2.45) is 30.7 Å². The number of carbonyl (C=O) groups excluding carboxylic acids is 1. The molecule has 1 unspecified atom stereocenters. The van der Waals surface area contributed by atoms with Crippen LogP contribution in [0.25, 0.3) is 0 Å². The monoisotopic (exact) mass is 446 g/mol. The van der Waals surface area contributed by atoms with Crippen molar-refractivity contribution in [3.05, 3.63) is 65.5 Å². The summed E-state index contributed by atoms with van der Waals surface area (Å²) < 4.78 is 1.92. The molecule has 1 aromatic heterocycles. The molecule has 2 fully saturated rings. The van der Waals surface area contributed by atoms with Crippen LogP contribution in [0.15, 0.2) is 48.7 Å². The average Bonchev–Trinajstić information content (AvgIpc) is 3.54. The van der Waals surface area contributed by atoms with Gasteiger partial charge in [-0.25, -0.2) is 0 Å². The van der Waals surface area contributed by atoms with Crippen LogP contribution in [0.1, 0.15) is 42.5 Å². The topological polar surface area (TPSA) is 41.4 Å². The van der Waals surface area contributed by atoms with E-state index in [4.69, 9.17) is 0 Å². The Bertz CT molecular complexity index is 989. The molecule has 0 spiro atoms. The normalized spacial score (nSPS) is 25.8. The molecule has 3 aliphatic rings. The molecule has 4 atom stereocenters. The first-order chi connectivity index (χ1) is 16.0. The Balaban J connectivity index is 1.26. The summed E-state index contributed by atoms with van der Waals surface area (Å²) in [5.41, 5.74) is 3.81. The number of amides is 1. The fourth-order valence-corrected chi connectivity index (χ4v) is 6.53. The second-order valence-corrected chi connectivity index (χ2v) is 10.6. The summed E-state index contributed by atoms with van der Waals surface area (Å²) in [7, 11) is 4.26. The summed E-state index contributed by atoms with van der Waals surface area (Å²) in [5, 5.41) is 4.54. The summed E-state index contributed by atoms with van der Waals surface area (Å²) in [5.74, 6) is 2.41. The Kier molecular flexibility index (Phi) is 6.42. The predicted octanol–water partition coefficient (Wildman–Crippen LogP) is 4.22. The number of benzene rings is 1. The zero-order valence-electron chi connectivity index (χ0n) is 20.4. The maximum atomic E-state index is 13.2. The third kappa shape index (κ3) is 4.79. The lowest BCUT2D eigenvalue weighted by Crippen LogP contribution is -2.48. The minimum Gasteiger partial charge on any atom is -0.342 e. The van der Waals surface area contributed by atoms with Gasteiger partial charge in [-0.05, 0) is 69.4 Å². The molecule has 0 radical (unpaired) electrons. The molecule has 5 rings (SSSR count). The molecule has 5 nitrogen and oxygen atoms in total. The summed E-state index contributed by atoms with van der Waals surface area (Å²) in [6.07, 6.45) is 12.3. The summed E-state index contributed by atoms with van der Waals surface area (Å²) in [4.78, 5) is 18.0. The number of hydrogen-bond donors (Lipinski definition) is 0. The van der Waals surface area contributed by atoms with E-state index in [0.717, 1.165) is 51.0 Å². The molecule has 1 aromatic carbocycles. The Morgan fingerprint density at radius 2 is 1.91 bits per heavy atom. The minimum atomic E-state index is 0.243. The van der Waals surface area contributed by atoms with Gasteiger partial charge >= 0.3 is 0 Å². The smallest absolute Gasteiger partial charge is 0.226 e. The Morgan fingerprint density at radius 3 is 2.52 bits per heavy atom. The third-order valence-corrected chi connectivity index (χ3v) is 8.38. The highest BCUT2D eigenvalue weighted by Crippen LogP contribution is 2.44. The van der Waals surface area contributed by atoms with Crippen LogP contribution in [0, 0.1) is 30.6 Å². The Hall–Kier alpha value is -2.40. The molecule has 2 bridgehead atoms. The number of likely N-dealkylation sites (tertiary alicyclic amines) is 1. The van der Waals surface area contributed by atoms with Crippen LogP contribution in [0.2, 0.25) is 0 Å². The van der Waals surface area contributed by atoms with E-state index in [1.807, 2.05) is 11.7 Å². The lowest BCUT2D eigenvalue weighted by Gasteiger charge is -2.41. The van der Waals surface area contributed by atoms with E-state index in [-0.39, 0.29) is 5.92 Å². The van der Waals surface area contributed by atoms with Gasteiger partial charge in [0.1, 0.15) is 0 Å². The summed E-state index contributed by atoms with van der Waals surface area (Å²) in [6.45, 7) is 4.83. The first-order valence-electron chi connectivity index (χ1n) is 12.7. The fraction of sp³-hybridized carbons (Fsp3) is 0.571. The number of piperidine rings is 1. The van der Waals surface area contributed by atoms with Crippen LogP contribution in [-0.2, 0) is 24.8 Å². The number of hydrogen-bond acceptors (Lipinski definition) is 3. The second-order valence-electron chi connectivity index (χ2n) is 10.6. The number of allylic oxidation sites excluding steroid dienone is 2. The summed E-state index contributed by atoms with van der Waals surface area (Å²) in [6, 6.07) is 11.3. The highest BCUT2D eigenvalue weighted by atomic mass is 16.2. The number of nitrogens with zero attached hydrogens (tertiary/aromatic N) is 4. The molecule has 33 heavy (non-hydrogen) atoms. The predicted molar refractivity (Wildman–Crippen MR) is 131 cm³/mol. The van der Waals surface area contributed by atoms with Gasteiger partial charge in [-0.15, -0.1) is 0 Å². The SMILES string of the molecule is Cc1nn(C)cc1CN(C)C(Cc1ccccc1)C1CCN(C(=O)[C@H]2C[C@@H]3C=C[C@H]2C3)CC1. The van der Waals surface area contributed by atoms with Crippen molar-refractivity contribution < 1.29 is 4.79 Å². The van der Waals surface area contributed by atoms with E-state index in [1.165, 1.54) is 17.5 Å². The number of aryl methyl sites for hydroxylation is 2. The van der Waals surface area contributed by atoms with Gasteiger partial charge in [-0.1, -0.05) is 42.5 Å². The number of fused-ring (bicyclic) bond motifs is 2. The molecular formula is C28H38N4O. The maximum Gasteiger partial charge on any atom is 0.226 e. The molecule has 2 aliphatic carbocycles. The van der Waals surface area contributed by atoms with Gasteiger partial charge in [-0.3, -0.25) is 14.4 Å². The van der Waals surface area contributed by atoms with E-state index in [1.54, 1.807) is 0 Å². The van der Waals surface area contributed by atoms with Crippen molar-refractivity contribution in [2.75, 3.05) is 20.1 Å². The van der Waals surface area contributed by atoms with E-state index in [0.29, 0.717) is 29.7 Å². The standard InChI is InChI=1S/C28H38N4O/c1-20-25(19-31(3)29-20)18-30(2)27(17-21-7-5-4-6-8-21)23-11-13-32(14-12-23)28(33)26-16-22-9-10-24(26)15-22/h4-10,19,22-24,26-27H,11-18H2,1-3H3/t22-,24+,26+,27?/m1/s1. The molecule has 176 valence electrons. The zero-order chi connectivity index (χ0) is 22.9. The molecule has 0 N–H and O–H groups in total. The van der Waals surface area contributed by atoms with Crippen molar-refractivity contribution in [1.82, 2.24) is 19.6 Å². The zero-order valence-corrected chi connectivity index (χ0v) is 20.4. The molecular weight excluding hydrogens is 408 g/mol. The van der Waals surface area contributed by atoms with E-state index in [2.05, 4.69) is 77.6 Å². The average molecular weight is 447 g/mol. The fourth-order valence-electron chi connectivity index (χ4n) is 6.53. The molecule has 1 amide bonds. The van der Waals surface area contributed by atoms with Crippen LogP contribution in [0.4, 0.5) is 0 Å². The molecule has 1 saturated carbocycles. The Morgan fingerprint density at radius 1 is 1.15 bits per heavy atom. The van der Waals surface area contributed by atoms with Crippen LogP contribution in [-0.4, -0.2) is 51.7 Å². The molecule has 1 aliphatic heterocycles. The number of aromatic nitrogens is 2. The molecule has 5 heteroatoms. The number of carbonyl (C=O) groups is 1. The largest absolute Gasteiger partial charge is 0.342 e. The van der Waals surface area contributed by atoms with E-state index >= 15 is 0 Å². The summed E-state index contributed by atoms with van der Waals surface area (Å²) >= 11 is 0. The van der Waals surface area contributed by atoms with Gasteiger partial charge in [0.25, 0.3) is 0 Å². The molecule has 1 saturated heterocycles. The minimum absolute atomic E-state index is 0.243. The van der Waals surface area contributed by atoms with Crippen molar-refractivity contribution in [3.63, 3.8) is 0 Å². The molecule has 2 aromatic rings. The van der Waals surface area contributed by atoms with Crippen molar-refractivity contribution >= 4 is 5.91 Å². The van der Waals surface area contributed by atoms with Crippen molar-refractivity contribution in [1.29, 1.82) is 0 Å². The lowest BCUT2D eigenvalue weighted by atomic mass is 9.84. The van der Waals surface area contributed by atoms with Crippen LogP contribution < -0.4 is 0 Å². The first-order valence-corrected chi connectivity index (χ1v) is 12.7. The van der Waals surface area contributed by atoms with Crippen LogP contribution in [0.3, 0.4) is 0 Å². The third-order valence-electron chi connectivity index (χ3n) is 8.38. The van der Waals surface area contributed by atoms with Gasteiger partial charge in [0.05, 0.1) is 5.69 Å². The molecule has 2 heterocycles. The number of rotatable bonds is 7. The van der Waals surface area contributed by atoms with Gasteiger partial charge in [0.15, 0.2) is 0 Å². The highest BCUT2D eigenvalue weighted by Gasteiger charge is 2.42. The number of likely N-dealkylation sites (N-methyl/N-ethyl adjacent to an activating group) is 1. The van der Waals surface area contributed by atoms with Crippen LogP contribution >= 0.6 is 0 Å². The highest BCUT2D eigenvalue weighted by molar-refractivity contribution is 5.80. The van der Waals surface area contributed by atoms with Crippen molar-refractivity contribution in [2.45, 2.75) is 51.6 Å². The van der Waals surface area contributed by atoms with Gasteiger partial charge in [0, 0.05) is 50.4 Å². The van der Waals surface area contributed by atoms with E-state index in [9.17, 15) is 4.79 Å². The first kappa shape index (κ1) is 22.4. The quantitative estimate of drug-likeness (QED) is 0.598. The van der Waals surface area contributed by atoms with Gasteiger partial charge in [0.2, 0.25) is 5.91 Å². The van der Waals surface area contributed by atoms with Crippen molar-refractivity contribution in [3.8, 4) is 0 Å². The van der Waals surface area contributed by atoms with Gasteiger partial charge < -0.3 is 4.90 Å². The second kappa shape index (κ2) is 9.46. The maximum absolute atomic E-state index is 13.2.